The molecule has 0 saturated heterocycles. The van der Waals surface area contributed by atoms with Crippen LogP contribution in [0.15, 0.2) is 54.6 Å². The van der Waals surface area contributed by atoms with Crippen molar-refractivity contribution in [3.05, 3.63) is 60.2 Å². The van der Waals surface area contributed by atoms with E-state index in [1.54, 1.807) is 0 Å². The molecular weight excluding hydrogens is 296 g/mol. The van der Waals surface area contributed by atoms with Crippen LogP contribution in [0.4, 0.5) is 0 Å². The third-order valence-corrected chi connectivity index (χ3v) is 5.10. The fourth-order valence-electron chi connectivity index (χ4n) is 4.14. The molecule has 0 radical (unpaired) electrons. The van der Waals surface area contributed by atoms with E-state index in [1.807, 2.05) is 6.07 Å². The lowest BCUT2D eigenvalue weighted by Crippen LogP contribution is -1.97. The molecule has 0 spiro atoms. The quantitative estimate of drug-likeness (QED) is 0.476. The maximum absolute atomic E-state index is 10.2. The molecule has 24 heavy (non-hydrogen) atoms. The maximum Gasteiger partial charge on any atom is 0.0709 e. The van der Waals surface area contributed by atoms with E-state index in [0.29, 0.717) is 0 Å². The number of aromatic nitrogens is 2. The van der Waals surface area contributed by atoms with Crippen molar-refractivity contribution in [3.63, 3.8) is 0 Å². The van der Waals surface area contributed by atoms with Crippen molar-refractivity contribution < 1.29 is 5.11 Å². The van der Waals surface area contributed by atoms with Gasteiger partial charge in [-0.25, -0.2) is 0 Å². The molecular formula is C21H18N2O. The normalized spacial score (nSPS) is 12.1. The van der Waals surface area contributed by atoms with Crippen molar-refractivity contribution in [1.29, 1.82) is 0 Å². The number of nitrogens with zero attached hydrogens (tertiary/aromatic N) is 1. The van der Waals surface area contributed by atoms with Gasteiger partial charge in [-0.3, -0.25) is 0 Å². The second-order valence-corrected chi connectivity index (χ2v) is 6.26. The minimum atomic E-state index is 0.0337. The molecule has 2 N–H and O–H groups in total. The number of benzene rings is 3. The first-order chi connectivity index (χ1) is 11.8. The lowest BCUT2D eigenvalue weighted by Gasteiger charge is -2.09. The highest BCUT2D eigenvalue weighted by atomic mass is 16.3. The van der Waals surface area contributed by atoms with Crippen LogP contribution < -0.4 is 0 Å². The Bertz CT molecular complexity index is 1230. The highest BCUT2D eigenvalue weighted by molar-refractivity contribution is 6.19. The van der Waals surface area contributed by atoms with Crippen LogP contribution in [0.1, 0.15) is 12.5 Å². The van der Waals surface area contributed by atoms with Gasteiger partial charge >= 0.3 is 0 Å². The molecule has 118 valence electrons. The van der Waals surface area contributed by atoms with Gasteiger partial charge in [0.2, 0.25) is 0 Å². The predicted octanol–water partition coefficient (Wildman–Crippen LogP) is 4.94. The molecule has 0 aliphatic carbocycles. The minimum absolute atomic E-state index is 0.0337. The molecule has 2 heterocycles. The molecule has 0 saturated carbocycles. The van der Waals surface area contributed by atoms with E-state index in [-0.39, 0.29) is 6.61 Å². The van der Waals surface area contributed by atoms with E-state index in [9.17, 15) is 5.11 Å². The Morgan fingerprint density at radius 2 is 1.67 bits per heavy atom. The van der Waals surface area contributed by atoms with Gasteiger partial charge < -0.3 is 14.7 Å². The van der Waals surface area contributed by atoms with E-state index in [0.717, 1.165) is 34.0 Å². The molecule has 2 aromatic heterocycles. The Kier molecular flexibility index (Phi) is 2.76. The van der Waals surface area contributed by atoms with Crippen molar-refractivity contribution in [3.8, 4) is 0 Å². The first-order valence-corrected chi connectivity index (χ1v) is 8.37. The standard InChI is InChI=1S/C21H18N2O/c1-2-23-19-10-6-4-7-13(19)15-11-18-20(16(12-24)21(15)23)14-8-3-5-9-17(14)22-18/h3-11,22,24H,2,12H2,1H3. The summed E-state index contributed by atoms with van der Waals surface area (Å²) in [6.45, 7) is 3.07. The molecule has 0 unspecified atom stereocenters. The second-order valence-electron chi connectivity index (χ2n) is 6.26. The van der Waals surface area contributed by atoms with Crippen LogP contribution in [0.25, 0.3) is 43.6 Å². The summed E-state index contributed by atoms with van der Waals surface area (Å²) in [6, 6.07) is 19.0. The summed E-state index contributed by atoms with van der Waals surface area (Å²) in [5.41, 5.74) is 5.59. The van der Waals surface area contributed by atoms with Crippen molar-refractivity contribution >= 4 is 43.6 Å². The zero-order valence-electron chi connectivity index (χ0n) is 13.5. The van der Waals surface area contributed by atoms with Crippen molar-refractivity contribution in [2.75, 3.05) is 0 Å². The van der Waals surface area contributed by atoms with E-state index in [2.05, 4.69) is 65.0 Å². The summed E-state index contributed by atoms with van der Waals surface area (Å²) >= 11 is 0. The highest BCUT2D eigenvalue weighted by Crippen LogP contribution is 2.38. The number of H-pyrrole nitrogens is 1. The maximum atomic E-state index is 10.2. The number of hydrogen-bond donors (Lipinski definition) is 2. The molecule has 3 heteroatoms. The third-order valence-electron chi connectivity index (χ3n) is 5.10. The molecule has 0 atom stereocenters. The summed E-state index contributed by atoms with van der Waals surface area (Å²) in [6.07, 6.45) is 0. The van der Waals surface area contributed by atoms with Crippen LogP contribution in [-0.4, -0.2) is 14.7 Å². The number of aliphatic hydroxyl groups excluding tert-OH is 1. The first-order valence-electron chi connectivity index (χ1n) is 8.37. The van der Waals surface area contributed by atoms with Gasteiger partial charge in [-0.1, -0.05) is 36.4 Å². The zero-order chi connectivity index (χ0) is 16.3. The van der Waals surface area contributed by atoms with E-state index >= 15 is 0 Å². The smallest absolute Gasteiger partial charge is 0.0709 e. The van der Waals surface area contributed by atoms with Gasteiger partial charge in [0.1, 0.15) is 0 Å². The Morgan fingerprint density at radius 3 is 2.46 bits per heavy atom. The Morgan fingerprint density at radius 1 is 0.917 bits per heavy atom. The number of para-hydroxylation sites is 2. The molecule has 5 rings (SSSR count). The molecule has 0 fully saturated rings. The van der Waals surface area contributed by atoms with E-state index in [4.69, 9.17) is 0 Å². The molecule has 0 aliphatic heterocycles. The summed E-state index contributed by atoms with van der Waals surface area (Å²) in [4.78, 5) is 3.52. The fraction of sp³-hybridized carbons (Fsp3) is 0.143. The van der Waals surface area contributed by atoms with Gasteiger partial charge in [0.25, 0.3) is 0 Å². The molecule has 0 bridgehead atoms. The Balaban J connectivity index is 2.12. The molecule has 3 nitrogen and oxygen atoms in total. The molecule has 3 aromatic carbocycles. The topological polar surface area (TPSA) is 41.0 Å². The second kappa shape index (κ2) is 4.86. The van der Waals surface area contributed by atoms with Crippen LogP contribution in [-0.2, 0) is 13.2 Å². The van der Waals surface area contributed by atoms with Crippen LogP contribution in [0.5, 0.6) is 0 Å². The van der Waals surface area contributed by atoms with Crippen molar-refractivity contribution in [2.24, 2.45) is 0 Å². The van der Waals surface area contributed by atoms with Gasteiger partial charge in [0, 0.05) is 50.2 Å². The summed E-state index contributed by atoms with van der Waals surface area (Å²) in [5, 5.41) is 15.0. The number of rotatable bonds is 2. The van der Waals surface area contributed by atoms with Crippen LogP contribution in [0.2, 0.25) is 0 Å². The fourth-order valence-corrected chi connectivity index (χ4v) is 4.14. The number of nitrogens with one attached hydrogen (secondary N) is 1. The lowest BCUT2D eigenvalue weighted by atomic mass is 10.0. The van der Waals surface area contributed by atoms with Gasteiger partial charge in [-0.15, -0.1) is 0 Å². The SMILES string of the molecule is CCn1c2ccccc2c2cc3[nH]c4ccccc4c3c(CO)c21. The van der Waals surface area contributed by atoms with Crippen molar-refractivity contribution in [1.82, 2.24) is 9.55 Å². The van der Waals surface area contributed by atoms with Crippen LogP contribution in [0.3, 0.4) is 0 Å². The average Bonchev–Trinajstić information content (AvgIpc) is 3.15. The number of aromatic amines is 1. The Hall–Kier alpha value is -2.78. The minimum Gasteiger partial charge on any atom is -0.392 e. The summed E-state index contributed by atoms with van der Waals surface area (Å²) in [7, 11) is 0. The number of aliphatic hydroxyl groups is 1. The Labute approximate surface area is 139 Å². The largest absolute Gasteiger partial charge is 0.392 e. The van der Waals surface area contributed by atoms with Crippen LogP contribution >= 0.6 is 0 Å². The van der Waals surface area contributed by atoms with Gasteiger partial charge in [-0.2, -0.15) is 0 Å². The van der Waals surface area contributed by atoms with E-state index in [1.165, 1.54) is 21.7 Å². The lowest BCUT2D eigenvalue weighted by molar-refractivity contribution is 0.284. The molecule has 0 aliphatic rings. The predicted molar refractivity (Wildman–Crippen MR) is 100 cm³/mol. The first kappa shape index (κ1) is 13.6. The van der Waals surface area contributed by atoms with Gasteiger partial charge in [-0.05, 0) is 25.1 Å². The summed E-state index contributed by atoms with van der Waals surface area (Å²) < 4.78 is 2.32. The zero-order valence-corrected chi connectivity index (χ0v) is 13.5. The number of fused-ring (bicyclic) bond motifs is 6. The van der Waals surface area contributed by atoms with Crippen LogP contribution in [0, 0.1) is 0 Å². The highest BCUT2D eigenvalue weighted by Gasteiger charge is 2.18. The summed E-state index contributed by atoms with van der Waals surface area (Å²) in [5.74, 6) is 0. The van der Waals surface area contributed by atoms with Crippen molar-refractivity contribution in [2.45, 2.75) is 20.1 Å². The monoisotopic (exact) mass is 314 g/mol. The number of aryl methyl sites for hydroxylation is 1. The number of hydrogen-bond acceptors (Lipinski definition) is 1. The van der Waals surface area contributed by atoms with Gasteiger partial charge in [0.05, 0.1) is 12.1 Å². The molecule has 5 aromatic rings. The van der Waals surface area contributed by atoms with Gasteiger partial charge in [0.15, 0.2) is 0 Å². The van der Waals surface area contributed by atoms with E-state index < -0.39 is 0 Å². The average molecular weight is 314 g/mol. The third kappa shape index (κ3) is 1.60. The molecule has 0 amide bonds.